The van der Waals surface area contributed by atoms with Crippen LogP contribution in [0.4, 0.5) is 10.9 Å². The third-order valence-corrected chi connectivity index (χ3v) is 7.17. The molecular formula is C24H26N6OS2. The maximum Gasteiger partial charge on any atom is 0.208 e. The number of nitrogens with one attached hydrogen (secondary N) is 1. The molecule has 1 saturated heterocycles. The molecule has 0 spiro atoms. The van der Waals surface area contributed by atoms with Gasteiger partial charge >= 0.3 is 0 Å². The smallest absolute Gasteiger partial charge is 0.208 e. The Labute approximate surface area is 202 Å². The summed E-state index contributed by atoms with van der Waals surface area (Å²) in [6.45, 7) is 3.00. The zero-order chi connectivity index (χ0) is 22.5. The average molecular weight is 479 g/mol. The average Bonchev–Trinajstić information content (AvgIpc) is 3.31. The summed E-state index contributed by atoms with van der Waals surface area (Å²) in [6, 6.07) is 11.7. The number of aromatic nitrogens is 3. The predicted octanol–water partition coefficient (Wildman–Crippen LogP) is 5.73. The highest BCUT2D eigenvalue weighted by Crippen LogP contribution is 2.35. The molecule has 0 atom stereocenters. The van der Waals surface area contributed by atoms with Crippen molar-refractivity contribution in [1.82, 2.24) is 19.2 Å². The molecule has 2 aliphatic heterocycles. The molecule has 0 unspecified atom stereocenters. The van der Waals surface area contributed by atoms with Crippen molar-refractivity contribution in [3.63, 3.8) is 0 Å². The van der Waals surface area contributed by atoms with Crippen LogP contribution in [0.2, 0.25) is 0 Å². The number of nitrogens with zero attached hydrogens (tertiary/aromatic N) is 5. The number of hydrogen-bond donors (Lipinski definition) is 1. The largest absolute Gasteiger partial charge is 0.453 e. The molecule has 0 radical (unpaired) electrons. The lowest BCUT2D eigenvalue weighted by molar-refractivity contribution is 0.252. The van der Waals surface area contributed by atoms with Crippen molar-refractivity contribution in [2.24, 2.45) is 4.99 Å². The first-order chi connectivity index (χ1) is 16.2. The van der Waals surface area contributed by atoms with Gasteiger partial charge in [-0.25, -0.2) is 9.97 Å². The highest BCUT2D eigenvalue weighted by atomic mass is 32.2. The number of rotatable bonds is 6. The van der Waals surface area contributed by atoms with Gasteiger partial charge in [0, 0.05) is 41.2 Å². The molecule has 9 heteroatoms. The van der Waals surface area contributed by atoms with Gasteiger partial charge in [-0.2, -0.15) is 4.37 Å². The Balaban J connectivity index is 1.36. The van der Waals surface area contributed by atoms with Gasteiger partial charge in [-0.3, -0.25) is 4.99 Å². The first kappa shape index (κ1) is 22.1. The van der Waals surface area contributed by atoms with Gasteiger partial charge in [0.05, 0.1) is 5.04 Å². The van der Waals surface area contributed by atoms with E-state index in [1.807, 2.05) is 42.6 Å². The van der Waals surface area contributed by atoms with Crippen LogP contribution in [-0.2, 0) is 0 Å². The lowest BCUT2D eigenvalue weighted by Gasteiger charge is -2.27. The number of hydrogen-bond acceptors (Lipinski definition) is 9. The van der Waals surface area contributed by atoms with Gasteiger partial charge in [-0.1, -0.05) is 36.0 Å². The van der Waals surface area contributed by atoms with Crippen molar-refractivity contribution < 1.29 is 4.74 Å². The normalized spacial score (nSPS) is 17.1. The lowest BCUT2D eigenvalue weighted by atomic mass is 9.97. The molecule has 0 saturated carbocycles. The Morgan fingerprint density at radius 3 is 2.82 bits per heavy atom. The Bertz CT molecular complexity index is 1140. The highest BCUT2D eigenvalue weighted by Gasteiger charge is 2.22. The van der Waals surface area contributed by atoms with Crippen molar-refractivity contribution in [1.29, 1.82) is 0 Å². The SMILES string of the molecule is CN1CCC(c2nsc(Nc3ncc(SC4=NCCC=C4)cc3Oc3ccccc3)n2)CC1. The van der Waals surface area contributed by atoms with E-state index >= 15 is 0 Å². The van der Waals surface area contributed by atoms with Crippen molar-refractivity contribution >= 4 is 39.3 Å². The number of pyridine rings is 1. The predicted molar refractivity (Wildman–Crippen MR) is 135 cm³/mol. The molecule has 1 N–H and O–H groups in total. The maximum absolute atomic E-state index is 6.20. The van der Waals surface area contributed by atoms with Crippen LogP contribution in [0.15, 0.2) is 64.6 Å². The first-order valence-electron chi connectivity index (χ1n) is 11.1. The topological polar surface area (TPSA) is 75.5 Å². The monoisotopic (exact) mass is 478 g/mol. The van der Waals surface area contributed by atoms with Crippen LogP contribution in [0, 0.1) is 0 Å². The maximum atomic E-state index is 6.20. The quantitative estimate of drug-likeness (QED) is 0.485. The van der Waals surface area contributed by atoms with E-state index in [0.29, 0.717) is 17.5 Å². The lowest BCUT2D eigenvalue weighted by Crippen LogP contribution is -2.29. The van der Waals surface area contributed by atoms with E-state index in [1.54, 1.807) is 11.8 Å². The van der Waals surface area contributed by atoms with Crippen LogP contribution in [0.1, 0.15) is 31.0 Å². The van der Waals surface area contributed by atoms with Gasteiger partial charge in [-0.15, -0.1) is 0 Å². The second-order valence-corrected chi connectivity index (χ2v) is 9.95. The summed E-state index contributed by atoms with van der Waals surface area (Å²) in [4.78, 5) is 17.3. The van der Waals surface area contributed by atoms with Gasteiger partial charge in [0.15, 0.2) is 11.6 Å². The minimum absolute atomic E-state index is 0.420. The third-order valence-electron chi connectivity index (χ3n) is 5.60. The molecule has 7 nitrogen and oxygen atoms in total. The number of anilines is 2. The van der Waals surface area contributed by atoms with Gasteiger partial charge in [0.25, 0.3) is 0 Å². The number of para-hydroxylation sites is 1. The van der Waals surface area contributed by atoms with Crippen molar-refractivity contribution in [3.05, 3.63) is 60.6 Å². The number of likely N-dealkylation sites (tertiary alicyclic amines) is 1. The zero-order valence-electron chi connectivity index (χ0n) is 18.5. The molecule has 0 bridgehead atoms. The molecule has 2 aromatic heterocycles. The molecule has 1 fully saturated rings. The molecule has 33 heavy (non-hydrogen) atoms. The Morgan fingerprint density at radius 1 is 1.18 bits per heavy atom. The summed E-state index contributed by atoms with van der Waals surface area (Å²) in [5.41, 5.74) is 0. The van der Waals surface area contributed by atoms with Crippen LogP contribution in [0.3, 0.4) is 0 Å². The number of thioether (sulfide) groups is 1. The second kappa shape index (κ2) is 10.5. The zero-order valence-corrected chi connectivity index (χ0v) is 20.1. The number of dihydropyridines is 1. The minimum atomic E-state index is 0.420. The fraction of sp³-hybridized carbons (Fsp3) is 0.333. The fourth-order valence-electron chi connectivity index (χ4n) is 3.76. The molecule has 170 valence electrons. The standard InChI is InChI=1S/C24H26N6OS2/c1-30-13-10-17(11-14-30)22-27-24(33-29-22)28-23-20(31-18-7-3-2-4-8-18)15-19(16-26-23)32-21-9-5-6-12-25-21/h2-5,7-9,15-17H,6,10-14H2,1H3,(H,26,27,28,29). The summed E-state index contributed by atoms with van der Waals surface area (Å²) < 4.78 is 10.8. The van der Waals surface area contributed by atoms with Gasteiger partial charge < -0.3 is 15.0 Å². The van der Waals surface area contributed by atoms with Gasteiger partial charge in [0.1, 0.15) is 11.6 Å². The summed E-state index contributed by atoms with van der Waals surface area (Å²) in [5, 5.41) is 5.05. The first-order valence-corrected chi connectivity index (χ1v) is 12.7. The summed E-state index contributed by atoms with van der Waals surface area (Å²) in [6.07, 6.45) is 9.24. The summed E-state index contributed by atoms with van der Waals surface area (Å²) >= 11 is 2.96. The van der Waals surface area contributed by atoms with Gasteiger partial charge in [-0.05, 0) is 57.6 Å². The van der Waals surface area contributed by atoms with Crippen molar-refractivity contribution in [3.8, 4) is 11.5 Å². The molecule has 1 aromatic carbocycles. The number of aliphatic imine (C=N–C) groups is 1. The van der Waals surface area contributed by atoms with E-state index in [2.05, 4.69) is 43.8 Å². The van der Waals surface area contributed by atoms with Crippen LogP contribution >= 0.6 is 23.3 Å². The van der Waals surface area contributed by atoms with E-state index in [-0.39, 0.29) is 0 Å². The number of ether oxygens (including phenoxy) is 1. The van der Waals surface area contributed by atoms with Crippen molar-refractivity contribution in [2.75, 3.05) is 32.0 Å². The summed E-state index contributed by atoms with van der Waals surface area (Å²) in [7, 11) is 2.16. The van der Waals surface area contributed by atoms with E-state index in [1.165, 1.54) is 11.5 Å². The van der Waals surface area contributed by atoms with E-state index < -0.39 is 0 Å². The van der Waals surface area contributed by atoms with Crippen LogP contribution < -0.4 is 10.1 Å². The molecule has 0 amide bonds. The molecular weight excluding hydrogens is 452 g/mol. The van der Waals surface area contributed by atoms with E-state index in [9.17, 15) is 0 Å². The fourth-order valence-corrected chi connectivity index (χ4v) is 5.24. The molecule has 0 aliphatic carbocycles. The molecule has 4 heterocycles. The van der Waals surface area contributed by atoms with E-state index in [4.69, 9.17) is 9.72 Å². The number of benzene rings is 1. The minimum Gasteiger partial charge on any atom is -0.453 e. The molecule has 2 aliphatic rings. The Kier molecular flexibility index (Phi) is 6.99. The van der Waals surface area contributed by atoms with Crippen molar-refractivity contribution in [2.45, 2.75) is 30.1 Å². The highest BCUT2D eigenvalue weighted by molar-refractivity contribution is 8.14. The molecule has 3 aromatic rings. The van der Waals surface area contributed by atoms with Crippen LogP contribution in [0.5, 0.6) is 11.5 Å². The number of piperidine rings is 1. The Morgan fingerprint density at radius 2 is 2.03 bits per heavy atom. The van der Waals surface area contributed by atoms with Gasteiger partial charge in [0.2, 0.25) is 5.13 Å². The second-order valence-electron chi connectivity index (χ2n) is 8.11. The van der Waals surface area contributed by atoms with Crippen LogP contribution in [-0.4, -0.2) is 51.0 Å². The van der Waals surface area contributed by atoms with Crippen LogP contribution in [0.25, 0.3) is 0 Å². The molecule has 5 rings (SSSR count). The summed E-state index contributed by atoms with van der Waals surface area (Å²) in [5.74, 6) is 3.36. The third kappa shape index (κ3) is 5.79. The Hall–Kier alpha value is -2.75. The van der Waals surface area contributed by atoms with E-state index in [0.717, 1.165) is 65.5 Å².